The Kier molecular flexibility index (Phi) is 4.98. The Morgan fingerprint density at radius 1 is 1.18 bits per heavy atom. The molecule has 1 aromatic heterocycles. The lowest BCUT2D eigenvalue weighted by Gasteiger charge is -2.11. The minimum absolute atomic E-state index is 0.0510. The van der Waals surface area contributed by atoms with E-state index in [4.69, 9.17) is 11.6 Å². The molecule has 1 amide bonds. The molecule has 2 aromatic rings. The SMILES string of the molecule is Cc1cc(C(=O)NC(C)C)nc(Nc2ccc(C)c(Cl)c2)n1. The maximum atomic E-state index is 12.1. The Morgan fingerprint density at radius 3 is 2.55 bits per heavy atom. The van der Waals surface area contributed by atoms with Crippen LogP contribution in [0.5, 0.6) is 0 Å². The first kappa shape index (κ1) is 16.2. The number of anilines is 2. The molecule has 0 aliphatic heterocycles. The van der Waals surface area contributed by atoms with Gasteiger partial charge in [0.2, 0.25) is 5.95 Å². The maximum absolute atomic E-state index is 12.1. The van der Waals surface area contributed by atoms with Crippen molar-refractivity contribution in [2.45, 2.75) is 33.7 Å². The van der Waals surface area contributed by atoms with Crippen molar-refractivity contribution in [2.24, 2.45) is 0 Å². The third-order valence-electron chi connectivity index (χ3n) is 2.93. The van der Waals surface area contributed by atoms with Gasteiger partial charge < -0.3 is 10.6 Å². The summed E-state index contributed by atoms with van der Waals surface area (Å²) in [5.74, 6) is 0.152. The zero-order valence-electron chi connectivity index (χ0n) is 13.1. The van der Waals surface area contributed by atoms with Gasteiger partial charge in [0.05, 0.1) is 0 Å². The predicted molar refractivity (Wildman–Crippen MR) is 88.8 cm³/mol. The Morgan fingerprint density at radius 2 is 1.91 bits per heavy atom. The summed E-state index contributed by atoms with van der Waals surface area (Å²) in [7, 11) is 0. The molecule has 116 valence electrons. The molecular weight excluding hydrogens is 300 g/mol. The summed E-state index contributed by atoms with van der Waals surface area (Å²) >= 11 is 6.11. The molecule has 2 N–H and O–H groups in total. The molecule has 0 fully saturated rings. The van der Waals surface area contributed by atoms with Gasteiger partial charge in [0.15, 0.2) is 0 Å². The minimum Gasteiger partial charge on any atom is -0.349 e. The molecule has 0 unspecified atom stereocenters. The van der Waals surface area contributed by atoms with Crippen LogP contribution in [0.15, 0.2) is 24.3 Å². The van der Waals surface area contributed by atoms with Crippen LogP contribution in [-0.4, -0.2) is 21.9 Å². The molecule has 0 saturated heterocycles. The smallest absolute Gasteiger partial charge is 0.270 e. The van der Waals surface area contributed by atoms with E-state index in [1.165, 1.54) is 0 Å². The largest absolute Gasteiger partial charge is 0.349 e. The number of nitrogens with zero attached hydrogens (tertiary/aromatic N) is 2. The van der Waals surface area contributed by atoms with Gasteiger partial charge in [-0.15, -0.1) is 0 Å². The van der Waals surface area contributed by atoms with E-state index in [-0.39, 0.29) is 11.9 Å². The van der Waals surface area contributed by atoms with E-state index in [2.05, 4.69) is 20.6 Å². The van der Waals surface area contributed by atoms with Crippen molar-refractivity contribution in [1.82, 2.24) is 15.3 Å². The van der Waals surface area contributed by atoms with Gasteiger partial charge in [-0.05, 0) is 51.5 Å². The Balaban J connectivity index is 2.26. The fourth-order valence-corrected chi connectivity index (χ4v) is 2.06. The molecule has 0 bridgehead atoms. The highest BCUT2D eigenvalue weighted by atomic mass is 35.5. The lowest BCUT2D eigenvalue weighted by Crippen LogP contribution is -2.31. The van der Waals surface area contributed by atoms with Crippen LogP contribution in [0.3, 0.4) is 0 Å². The maximum Gasteiger partial charge on any atom is 0.270 e. The van der Waals surface area contributed by atoms with Gasteiger partial charge in [-0.3, -0.25) is 4.79 Å². The number of carbonyl (C=O) groups is 1. The minimum atomic E-state index is -0.217. The van der Waals surface area contributed by atoms with E-state index in [1.807, 2.05) is 39.8 Å². The number of amides is 1. The van der Waals surface area contributed by atoms with Gasteiger partial charge in [0.25, 0.3) is 5.91 Å². The van der Waals surface area contributed by atoms with E-state index in [1.54, 1.807) is 12.1 Å². The number of hydrogen-bond donors (Lipinski definition) is 2. The number of hydrogen-bond acceptors (Lipinski definition) is 4. The van der Waals surface area contributed by atoms with Crippen molar-refractivity contribution in [2.75, 3.05) is 5.32 Å². The van der Waals surface area contributed by atoms with Crippen LogP contribution in [0.25, 0.3) is 0 Å². The first-order chi connectivity index (χ1) is 10.3. The first-order valence-corrected chi connectivity index (χ1v) is 7.42. The first-order valence-electron chi connectivity index (χ1n) is 7.05. The number of nitrogens with one attached hydrogen (secondary N) is 2. The summed E-state index contributed by atoms with van der Waals surface area (Å²) in [6, 6.07) is 7.31. The van der Waals surface area contributed by atoms with Crippen molar-refractivity contribution in [3.05, 3.63) is 46.2 Å². The number of carbonyl (C=O) groups excluding carboxylic acids is 1. The Labute approximate surface area is 135 Å². The highest BCUT2D eigenvalue weighted by Crippen LogP contribution is 2.22. The quantitative estimate of drug-likeness (QED) is 0.903. The molecule has 6 heteroatoms. The van der Waals surface area contributed by atoms with Crippen molar-refractivity contribution < 1.29 is 4.79 Å². The van der Waals surface area contributed by atoms with E-state index in [9.17, 15) is 4.79 Å². The third-order valence-corrected chi connectivity index (χ3v) is 3.34. The summed E-state index contributed by atoms with van der Waals surface area (Å²) in [6.45, 7) is 7.56. The second-order valence-corrected chi connectivity index (χ2v) is 5.84. The van der Waals surface area contributed by atoms with Crippen molar-refractivity contribution >= 4 is 29.1 Å². The number of halogens is 1. The predicted octanol–water partition coefficient (Wildman–Crippen LogP) is 3.63. The standard InChI is InChI=1S/C16H19ClN4O/c1-9(2)18-15(22)14-7-11(4)19-16(21-14)20-12-6-5-10(3)13(17)8-12/h5-9H,1-4H3,(H,18,22)(H,19,20,21). The van der Waals surface area contributed by atoms with Crippen molar-refractivity contribution in [3.63, 3.8) is 0 Å². The van der Waals surface area contributed by atoms with Crippen LogP contribution in [0.2, 0.25) is 5.02 Å². The molecule has 0 aliphatic carbocycles. The van der Waals surface area contributed by atoms with Gasteiger partial charge in [0, 0.05) is 22.4 Å². The molecule has 0 saturated carbocycles. The van der Waals surface area contributed by atoms with E-state index >= 15 is 0 Å². The molecule has 0 radical (unpaired) electrons. The van der Waals surface area contributed by atoms with Gasteiger partial charge >= 0.3 is 0 Å². The molecular formula is C16H19ClN4O. The van der Waals surface area contributed by atoms with Gasteiger partial charge in [0.1, 0.15) is 5.69 Å². The fraction of sp³-hybridized carbons (Fsp3) is 0.312. The monoisotopic (exact) mass is 318 g/mol. The Bertz CT molecular complexity index is 701. The number of rotatable bonds is 4. The van der Waals surface area contributed by atoms with E-state index in [0.717, 1.165) is 11.3 Å². The average Bonchev–Trinajstić information content (AvgIpc) is 2.41. The molecule has 1 heterocycles. The average molecular weight is 319 g/mol. The number of aromatic nitrogens is 2. The van der Waals surface area contributed by atoms with Crippen LogP contribution in [0.4, 0.5) is 11.6 Å². The number of aryl methyl sites for hydroxylation is 2. The zero-order chi connectivity index (χ0) is 16.3. The van der Waals surface area contributed by atoms with E-state index < -0.39 is 0 Å². The second kappa shape index (κ2) is 6.75. The number of benzene rings is 1. The second-order valence-electron chi connectivity index (χ2n) is 5.44. The third kappa shape index (κ3) is 4.18. The van der Waals surface area contributed by atoms with Crippen molar-refractivity contribution in [1.29, 1.82) is 0 Å². The molecule has 22 heavy (non-hydrogen) atoms. The summed E-state index contributed by atoms with van der Waals surface area (Å²) < 4.78 is 0. The lowest BCUT2D eigenvalue weighted by atomic mass is 10.2. The summed E-state index contributed by atoms with van der Waals surface area (Å²) in [5, 5.41) is 6.55. The summed E-state index contributed by atoms with van der Waals surface area (Å²) in [6.07, 6.45) is 0. The molecule has 0 atom stereocenters. The topological polar surface area (TPSA) is 66.9 Å². The normalized spacial score (nSPS) is 10.6. The molecule has 2 rings (SSSR count). The summed E-state index contributed by atoms with van der Waals surface area (Å²) in [5.41, 5.74) is 2.82. The van der Waals surface area contributed by atoms with Gasteiger partial charge in [-0.1, -0.05) is 17.7 Å². The fourth-order valence-electron chi connectivity index (χ4n) is 1.88. The lowest BCUT2D eigenvalue weighted by molar-refractivity contribution is 0.0938. The molecule has 5 nitrogen and oxygen atoms in total. The summed E-state index contributed by atoms with van der Waals surface area (Å²) in [4.78, 5) is 20.6. The van der Waals surface area contributed by atoms with Crippen LogP contribution in [0, 0.1) is 13.8 Å². The molecule has 0 spiro atoms. The van der Waals surface area contributed by atoms with Crippen molar-refractivity contribution in [3.8, 4) is 0 Å². The highest BCUT2D eigenvalue weighted by Gasteiger charge is 2.11. The van der Waals surface area contributed by atoms with Crippen LogP contribution in [0.1, 0.15) is 35.6 Å². The van der Waals surface area contributed by atoms with Crippen LogP contribution < -0.4 is 10.6 Å². The van der Waals surface area contributed by atoms with Gasteiger partial charge in [-0.25, -0.2) is 9.97 Å². The van der Waals surface area contributed by atoms with Gasteiger partial charge in [-0.2, -0.15) is 0 Å². The molecule has 0 aliphatic rings. The Hall–Kier alpha value is -2.14. The van der Waals surface area contributed by atoms with Crippen LogP contribution in [-0.2, 0) is 0 Å². The van der Waals surface area contributed by atoms with E-state index in [0.29, 0.717) is 22.4 Å². The van der Waals surface area contributed by atoms with Crippen LogP contribution >= 0.6 is 11.6 Å². The highest BCUT2D eigenvalue weighted by molar-refractivity contribution is 6.31. The molecule has 1 aromatic carbocycles. The zero-order valence-corrected chi connectivity index (χ0v) is 13.8.